The van der Waals surface area contributed by atoms with Gasteiger partial charge in [-0.1, -0.05) is 78.9 Å². The van der Waals surface area contributed by atoms with Crippen molar-refractivity contribution in [2.75, 3.05) is 0 Å². The van der Waals surface area contributed by atoms with Gasteiger partial charge in [0.15, 0.2) is 0 Å². The molecule has 0 aliphatic rings. The third-order valence-electron chi connectivity index (χ3n) is 5.35. The number of hydrogen-bond acceptors (Lipinski definition) is 5. The van der Waals surface area contributed by atoms with E-state index in [-0.39, 0.29) is 12.5 Å². The van der Waals surface area contributed by atoms with Crippen LogP contribution >= 0.6 is 0 Å². The quantitative estimate of drug-likeness (QED) is 0.326. The second kappa shape index (κ2) is 8.88. The summed E-state index contributed by atoms with van der Waals surface area (Å²) in [5.74, 6) is 0.125. The Morgan fingerprint density at radius 2 is 1.61 bits per heavy atom. The van der Waals surface area contributed by atoms with Gasteiger partial charge in [0, 0.05) is 29.1 Å². The number of nitrogens with one attached hydrogen (secondary N) is 1. The highest BCUT2D eigenvalue weighted by atomic mass is 16.2. The Balaban J connectivity index is 1.35. The van der Waals surface area contributed by atoms with Crippen LogP contribution in [-0.2, 0) is 18.4 Å². The number of amides is 1. The van der Waals surface area contributed by atoms with Gasteiger partial charge in [0.25, 0.3) is 5.91 Å². The zero-order valence-electron chi connectivity index (χ0n) is 18.0. The monoisotopic (exact) mass is 435 g/mol. The third-order valence-corrected chi connectivity index (χ3v) is 5.35. The molecule has 33 heavy (non-hydrogen) atoms. The lowest BCUT2D eigenvalue weighted by atomic mass is 10.1. The molecule has 0 aliphatic heterocycles. The maximum Gasteiger partial charge on any atom is 0.263 e. The van der Waals surface area contributed by atoms with E-state index < -0.39 is 0 Å². The van der Waals surface area contributed by atoms with E-state index in [1.807, 2.05) is 67.7 Å². The molecule has 0 fully saturated rings. The van der Waals surface area contributed by atoms with Gasteiger partial charge >= 0.3 is 0 Å². The van der Waals surface area contributed by atoms with Crippen LogP contribution in [0.2, 0.25) is 0 Å². The number of fused-ring (bicyclic) bond motifs is 1. The van der Waals surface area contributed by atoms with Gasteiger partial charge in [-0.15, -0.1) is 10.2 Å². The molecule has 0 saturated carbocycles. The third kappa shape index (κ3) is 4.14. The van der Waals surface area contributed by atoms with Crippen LogP contribution in [0.1, 0.15) is 5.56 Å². The number of rotatable bonds is 6. The normalized spacial score (nSPS) is 11.3. The van der Waals surface area contributed by atoms with Gasteiger partial charge in [0.05, 0.1) is 11.9 Å². The zero-order valence-corrected chi connectivity index (χ0v) is 18.0. The molecule has 5 aromatic rings. The van der Waals surface area contributed by atoms with E-state index in [1.54, 1.807) is 6.21 Å². The molecule has 162 valence electrons. The number of hydrazone groups is 1. The minimum absolute atomic E-state index is 0.0851. The number of aromatic nitrogens is 5. The summed E-state index contributed by atoms with van der Waals surface area (Å²) in [6, 6.07) is 27.7. The van der Waals surface area contributed by atoms with Gasteiger partial charge in [-0.2, -0.15) is 9.90 Å². The van der Waals surface area contributed by atoms with Crippen molar-refractivity contribution in [3.05, 3.63) is 90.5 Å². The summed E-state index contributed by atoms with van der Waals surface area (Å²) in [4.78, 5) is 13.7. The summed E-state index contributed by atoms with van der Waals surface area (Å²) in [6.45, 7) is -0.0851. The Morgan fingerprint density at radius 1 is 0.939 bits per heavy atom. The fourth-order valence-electron chi connectivity index (χ4n) is 3.84. The number of nitrogens with zero attached hydrogens (tertiary/aromatic N) is 6. The van der Waals surface area contributed by atoms with Gasteiger partial charge in [0.1, 0.15) is 6.54 Å². The summed E-state index contributed by atoms with van der Waals surface area (Å²) in [6.07, 6.45) is 1.69. The van der Waals surface area contributed by atoms with E-state index in [1.165, 1.54) is 4.80 Å². The first-order valence-electron chi connectivity index (χ1n) is 10.5. The van der Waals surface area contributed by atoms with Crippen LogP contribution in [0.5, 0.6) is 0 Å². The van der Waals surface area contributed by atoms with Crippen molar-refractivity contribution in [3.8, 4) is 22.6 Å². The molecule has 0 unspecified atom stereocenters. The number of hydrogen-bond donors (Lipinski definition) is 1. The van der Waals surface area contributed by atoms with E-state index in [2.05, 4.69) is 54.8 Å². The summed E-state index contributed by atoms with van der Waals surface area (Å²) < 4.78 is 2.14. The van der Waals surface area contributed by atoms with Crippen LogP contribution in [-0.4, -0.2) is 36.9 Å². The van der Waals surface area contributed by atoms with Gasteiger partial charge < -0.3 is 4.57 Å². The summed E-state index contributed by atoms with van der Waals surface area (Å²) >= 11 is 0. The molecule has 0 spiro atoms. The van der Waals surface area contributed by atoms with Crippen molar-refractivity contribution in [2.24, 2.45) is 12.1 Å². The van der Waals surface area contributed by atoms with Crippen LogP contribution in [0.15, 0.2) is 90.0 Å². The number of benzene rings is 3. The summed E-state index contributed by atoms with van der Waals surface area (Å²) in [7, 11) is 2.03. The van der Waals surface area contributed by atoms with Crippen LogP contribution in [0.3, 0.4) is 0 Å². The maximum atomic E-state index is 12.4. The lowest BCUT2D eigenvalue weighted by Crippen LogP contribution is -2.24. The van der Waals surface area contributed by atoms with E-state index >= 15 is 0 Å². The van der Waals surface area contributed by atoms with Crippen molar-refractivity contribution in [3.63, 3.8) is 0 Å². The number of aryl methyl sites for hydroxylation is 1. The number of carbonyl (C=O) groups is 1. The molecule has 0 aliphatic carbocycles. The molecule has 8 heteroatoms. The Hall–Kier alpha value is -4.59. The van der Waals surface area contributed by atoms with Crippen molar-refractivity contribution in [2.45, 2.75) is 6.54 Å². The maximum absolute atomic E-state index is 12.4. The van der Waals surface area contributed by atoms with Gasteiger partial charge in [-0.05, 0) is 16.8 Å². The second-order valence-electron chi connectivity index (χ2n) is 7.51. The molecule has 1 amide bonds. The van der Waals surface area contributed by atoms with Crippen LogP contribution in [0.4, 0.5) is 0 Å². The zero-order chi connectivity index (χ0) is 22.6. The molecule has 8 nitrogen and oxygen atoms in total. The van der Waals surface area contributed by atoms with Crippen LogP contribution in [0, 0.1) is 0 Å². The molecule has 2 aromatic heterocycles. The second-order valence-corrected chi connectivity index (χ2v) is 7.51. The first-order valence-corrected chi connectivity index (χ1v) is 10.5. The van der Waals surface area contributed by atoms with Crippen molar-refractivity contribution < 1.29 is 4.79 Å². The lowest BCUT2D eigenvalue weighted by molar-refractivity contribution is -0.122. The fourth-order valence-corrected chi connectivity index (χ4v) is 3.84. The van der Waals surface area contributed by atoms with Crippen molar-refractivity contribution in [1.82, 2.24) is 30.2 Å². The summed E-state index contributed by atoms with van der Waals surface area (Å²) in [5.41, 5.74) is 7.54. The largest absolute Gasteiger partial charge is 0.343 e. The molecule has 0 saturated heterocycles. The topological polar surface area (TPSA) is 90.0 Å². The standard InChI is InChI=1S/C25H21N7O/c1-31-22-15-9-8-14-20(22)21(24(31)18-10-4-2-5-11-18)16-26-27-23(33)17-32-29-25(28-30-32)19-12-6-3-7-13-19/h2-16H,17H2,1H3,(H,27,33). The van der Waals surface area contributed by atoms with E-state index in [0.29, 0.717) is 5.82 Å². The number of tetrazole rings is 1. The Kier molecular flexibility index (Phi) is 5.47. The molecule has 0 radical (unpaired) electrons. The molecular formula is C25H21N7O. The Bertz CT molecular complexity index is 1440. The molecule has 2 heterocycles. The first kappa shape index (κ1) is 20.3. The average Bonchev–Trinajstić information content (AvgIpc) is 3.43. The fraction of sp³-hybridized carbons (Fsp3) is 0.0800. The first-order chi connectivity index (χ1) is 16.2. The smallest absolute Gasteiger partial charge is 0.263 e. The molecule has 3 aromatic carbocycles. The van der Waals surface area contributed by atoms with Gasteiger partial charge in [0.2, 0.25) is 5.82 Å². The number of para-hydroxylation sites is 1. The molecule has 1 N–H and O–H groups in total. The van der Waals surface area contributed by atoms with Gasteiger partial charge in [-0.25, -0.2) is 5.43 Å². The number of carbonyl (C=O) groups excluding carboxylic acids is 1. The molecule has 5 rings (SSSR count). The highest BCUT2D eigenvalue weighted by Crippen LogP contribution is 2.31. The average molecular weight is 435 g/mol. The molecular weight excluding hydrogens is 414 g/mol. The minimum Gasteiger partial charge on any atom is -0.343 e. The summed E-state index contributed by atoms with van der Waals surface area (Å²) in [5, 5.41) is 17.5. The van der Waals surface area contributed by atoms with Gasteiger partial charge in [-0.3, -0.25) is 4.79 Å². The molecule has 0 atom stereocenters. The van der Waals surface area contributed by atoms with E-state index in [9.17, 15) is 4.79 Å². The Labute approximate surface area is 190 Å². The SMILES string of the molecule is Cn1c(-c2ccccc2)c(C=NNC(=O)Cn2nnc(-c3ccccc3)n2)c2ccccc21. The highest BCUT2D eigenvalue weighted by Gasteiger charge is 2.15. The predicted molar refractivity (Wildman–Crippen MR) is 127 cm³/mol. The Morgan fingerprint density at radius 3 is 2.36 bits per heavy atom. The van der Waals surface area contributed by atoms with Crippen molar-refractivity contribution >= 4 is 23.0 Å². The lowest BCUT2D eigenvalue weighted by Gasteiger charge is -2.06. The van der Waals surface area contributed by atoms with Crippen molar-refractivity contribution in [1.29, 1.82) is 0 Å². The predicted octanol–water partition coefficient (Wildman–Crippen LogP) is 3.65. The minimum atomic E-state index is -0.343. The molecule has 0 bridgehead atoms. The van der Waals surface area contributed by atoms with E-state index in [0.717, 1.165) is 33.3 Å². The van der Waals surface area contributed by atoms with E-state index in [4.69, 9.17) is 0 Å². The van der Waals surface area contributed by atoms with Crippen LogP contribution < -0.4 is 5.43 Å². The van der Waals surface area contributed by atoms with Crippen LogP contribution in [0.25, 0.3) is 33.5 Å². The highest BCUT2D eigenvalue weighted by molar-refractivity contribution is 6.06.